The fraction of sp³-hybridized carbons (Fsp3) is 0.250. The SMILES string of the molecule is CSc1cc(C(=O)CSc2nnc(-c3ccncc3)n2CC(F)(F)F)ccc1NC(C)=O. The largest absolute Gasteiger partial charge is 0.406 e. The monoisotopic (exact) mass is 481 g/mol. The van der Waals surface area contributed by atoms with E-state index in [1.54, 1.807) is 18.2 Å². The second-order valence-corrected chi connectivity index (χ2v) is 8.34. The number of ketones is 1. The zero-order valence-corrected chi connectivity index (χ0v) is 18.6. The third kappa shape index (κ3) is 6.10. The molecule has 2 aromatic heterocycles. The molecule has 3 rings (SSSR count). The van der Waals surface area contributed by atoms with Crippen molar-refractivity contribution in [3.63, 3.8) is 0 Å². The first-order valence-electron chi connectivity index (χ1n) is 9.20. The van der Waals surface area contributed by atoms with Crippen LogP contribution in [0.25, 0.3) is 11.4 Å². The molecular weight excluding hydrogens is 463 g/mol. The quantitative estimate of drug-likeness (QED) is 0.373. The highest BCUT2D eigenvalue weighted by molar-refractivity contribution is 7.99. The first-order chi connectivity index (χ1) is 15.2. The Hall–Kier alpha value is -2.86. The van der Waals surface area contributed by atoms with E-state index in [-0.39, 0.29) is 28.4 Å². The minimum Gasteiger partial charge on any atom is -0.325 e. The van der Waals surface area contributed by atoms with E-state index in [4.69, 9.17) is 0 Å². The maximum atomic E-state index is 13.2. The number of anilines is 1. The minimum atomic E-state index is -4.49. The molecule has 0 saturated carbocycles. The van der Waals surface area contributed by atoms with Crippen LogP contribution in [-0.4, -0.2) is 49.6 Å². The molecule has 0 fully saturated rings. The normalized spacial score (nSPS) is 11.4. The summed E-state index contributed by atoms with van der Waals surface area (Å²) < 4.78 is 40.5. The Balaban J connectivity index is 1.81. The lowest BCUT2D eigenvalue weighted by Gasteiger charge is -2.13. The zero-order valence-electron chi connectivity index (χ0n) is 17.0. The number of aromatic nitrogens is 4. The smallest absolute Gasteiger partial charge is 0.325 e. The van der Waals surface area contributed by atoms with Gasteiger partial charge in [0.25, 0.3) is 0 Å². The number of benzene rings is 1. The van der Waals surface area contributed by atoms with Gasteiger partial charge in [0.15, 0.2) is 16.8 Å². The fourth-order valence-corrected chi connectivity index (χ4v) is 4.22. The molecule has 168 valence electrons. The Kier molecular flexibility index (Phi) is 7.56. The van der Waals surface area contributed by atoms with E-state index in [1.807, 2.05) is 6.26 Å². The summed E-state index contributed by atoms with van der Waals surface area (Å²) in [5.41, 5.74) is 1.40. The number of nitrogens with one attached hydrogen (secondary N) is 1. The zero-order chi connectivity index (χ0) is 23.3. The van der Waals surface area contributed by atoms with Gasteiger partial charge < -0.3 is 5.32 Å². The Morgan fingerprint density at radius 1 is 1.12 bits per heavy atom. The van der Waals surface area contributed by atoms with Crippen LogP contribution in [0, 0.1) is 0 Å². The first kappa shape index (κ1) is 23.8. The van der Waals surface area contributed by atoms with Gasteiger partial charge in [-0.3, -0.25) is 19.1 Å². The molecular formula is C20H18F3N5O2S2. The summed E-state index contributed by atoms with van der Waals surface area (Å²) in [5.74, 6) is -0.598. The molecule has 3 aromatic rings. The third-order valence-corrected chi connectivity index (χ3v) is 5.90. The van der Waals surface area contributed by atoms with Gasteiger partial charge in [0.05, 0.1) is 11.4 Å². The van der Waals surface area contributed by atoms with Crippen molar-refractivity contribution >= 4 is 40.9 Å². The van der Waals surface area contributed by atoms with E-state index in [2.05, 4.69) is 20.5 Å². The summed E-state index contributed by atoms with van der Waals surface area (Å²) in [5, 5.41) is 10.4. The summed E-state index contributed by atoms with van der Waals surface area (Å²) in [6, 6.07) is 7.91. The van der Waals surface area contributed by atoms with Gasteiger partial charge >= 0.3 is 6.18 Å². The van der Waals surface area contributed by atoms with Gasteiger partial charge in [0, 0.05) is 35.3 Å². The van der Waals surface area contributed by atoms with E-state index in [0.717, 1.165) is 16.3 Å². The van der Waals surface area contributed by atoms with Crippen molar-refractivity contribution in [2.45, 2.75) is 29.7 Å². The number of nitrogens with zero attached hydrogens (tertiary/aromatic N) is 4. The molecule has 0 radical (unpaired) electrons. The number of thioether (sulfide) groups is 2. The number of amides is 1. The van der Waals surface area contributed by atoms with Crippen LogP contribution in [0.2, 0.25) is 0 Å². The standard InChI is InChI=1S/C20H18F3N5O2S2/c1-12(29)25-15-4-3-14(9-17(15)31-2)16(30)10-32-19-27-26-18(13-5-7-24-8-6-13)28(19)11-20(21,22)23/h3-9H,10-11H2,1-2H3,(H,25,29). The molecule has 0 aliphatic carbocycles. The van der Waals surface area contributed by atoms with Gasteiger partial charge in [-0.2, -0.15) is 13.2 Å². The molecule has 0 aliphatic rings. The van der Waals surface area contributed by atoms with E-state index < -0.39 is 12.7 Å². The molecule has 7 nitrogen and oxygen atoms in total. The number of Topliss-reactive ketones (excluding diaryl/α,β-unsaturated/α-hetero) is 1. The lowest BCUT2D eigenvalue weighted by atomic mass is 10.1. The van der Waals surface area contributed by atoms with Crippen molar-refractivity contribution in [3.8, 4) is 11.4 Å². The molecule has 0 saturated heterocycles. The molecule has 1 aromatic carbocycles. The molecule has 32 heavy (non-hydrogen) atoms. The van der Waals surface area contributed by atoms with Crippen molar-refractivity contribution in [3.05, 3.63) is 48.3 Å². The Morgan fingerprint density at radius 3 is 2.47 bits per heavy atom. The molecule has 1 N–H and O–H groups in total. The lowest BCUT2D eigenvalue weighted by molar-refractivity contribution is -0.141. The van der Waals surface area contributed by atoms with Crippen LogP contribution in [0.5, 0.6) is 0 Å². The predicted molar refractivity (Wildman–Crippen MR) is 117 cm³/mol. The van der Waals surface area contributed by atoms with Gasteiger partial charge in [-0.1, -0.05) is 11.8 Å². The van der Waals surface area contributed by atoms with Crippen LogP contribution in [-0.2, 0) is 11.3 Å². The summed E-state index contributed by atoms with van der Waals surface area (Å²) in [4.78, 5) is 28.6. The molecule has 0 unspecified atom stereocenters. The number of hydrogen-bond acceptors (Lipinski definition) is 7. The van der Waals surface area contributed by atoms with Gasteiger partial charge in [-0.15, -0.1) is 22.0 Å². The summed E-state index contributed by atoms with van der Waals surface area (Å²) in [6.07, 6.45) is 0.221. The molecule has 0 aliphatic heterocycles. The lowest BCUT2D eigenvalue weighted by Crippen LogP contribution is -2.19. The number of pyridine rings is 1. The Labute approximate surface area is 190 Å². The van der Waals surface area contributed by atoms with E-state index in [0.29, 0.717) is 21.7 Å². The number of rotatable bonds is 8. The highest BCUT2D eigenvalue weighted by Crippen LogP contribution is 2.30. The van der Waals surface area contributed by atoms with Crippen molar-refractivity contribution in [1.29, 1.82) is 0 Å². The number of alkyl halides is 3. The fourth-order valence-electron chi connectivity index (χ4n) is 2.80. The number of halogens is 3. The molecule has 2 heterocycles. The van der Waals surface area contributed by atoms with E-state index in [1.165, 1.54) is 43.2 Å². The number of carbonyl (C=O) groups is 2. The average Bonchev–Trinajstić information content (AvgIpc) is 3.13. The van der Waals surface area contributed by atoms with Crippen LogP contribution in [0.15, 0.2) is 52.8 Å². The molecule has 0 atom stereocenters. The molecule has 0 spiro atoms. The van der Waals surface area contributed by atoms with Crippen LogP contribution in [0.1, 0.15) is 17.3 Å². The van der Waals surface area contributed by atoms with Crippen LogP contribution in [0.4, 0.5) is 18.9 Å². The third-order valence-electron chi connectivity index (χ3n) is 4.16. The molecule has 12 heteroatoms. The van der Waals surface area contributed by atoms with Crippen LogP contribution >= 0.6 is 23.5 Å². The first-order valence-corrected chi connectivity index (χ1v) is 11.4. The maximum Gasteiger partial charge on any atom is 0.406 e. The highest BCUT2D eigenvalue weighted by Gasteiger charge is 2.31. The highest BCUT2D eigenvalue weighted by atomic mass is 32.2. The Morgan fingerprint density at radius 2 is 1.84 bits per heavy atom. The van der Waals surface area contributed by atoms with Crippen molar-refractivity contribution < 1.29 is 22.8 Å². The van der Waals surface area contributed by atoms with E-state index in [9.17, 15) is 22.8 Å². The molecule has 0 bridgehead atoms. The summed E-state index contributed by atoms with van der Waals surface area (Å²) >= 11 is 2.25. The summed E-state index contributed by atoms with van der Waals surface area (Å²) in [7, 11) is 0. The number of carbonyl (C=O) groups excluding carboxylic acids is 2. The van der Waals surface area contributed by atoms with Gasteiger partial charge in [-0.25, -0.2) is 0 Å². The van der Waals surface area contributed by atoms with Crippen LogP contribution in [0.3, 0.4) is 0 Å². The van der Waals surface area contributed by atoms with Crippen molar-refractivity contribution in [2.24, 2.45) is 0 Å². The van der Waals surface area contributed by atoms with Gasteiger partial charge in [0.2, 0.25) is 5.91 Å². The summed E-state index contributed by atoms with van der Waals surface area (Å²) in [6.45, 7) is 0.104. The van der Waals surface area contributed by atoms with Crippen LogP contribution < -0.4 is 5.32 Å². The van der Waals surface area contributed by atoms with E-state index >= 15 is 0 Å². The average molecular weight is 482 g/mol. The second kappa shape index (κ2) is 10.2. The molecule has 1 amide bonds. The Bertz CT molecular complexity index is 1120. The van der Waals surface area contributed by atoms with Gasteiger partial charge in [0.1, 0.15) is 6.54 Å². The van der Waals surface area contributed by atoms with Crippen molar-refractivity contribution in [1.82, 2.24) is 19.7 Å². The second-order valence-electron chi connectivity index (χ2n) is 6.55. The minimum absolute atomic E-state index is 0.0116. The number of hydrogen-bond donors (Lipinski definition) is 1. The predicted octanol–water partition coefficient (Wildman–Crippen LogP) is 4.56. The van der Waals surface area contributed by atoms with Crippen molar-refractivity contribution in [2.75, 3.05) is 17.3 Å². The topological polar surface area (TPSA) is 89.8 Å². The maximum absolute atomic E-state index is 13.2. The van der Waals surface area contributed by atoms with Gasteiger partial charge in [-0.05, 0) is 36.6 Å².